The maximum atomic E-state index is 13.3. The molecule has 1 aromatic carbocycles. The highest BCUT2D eigenvalue weighted by Crippen LogP contribution is 2.19. The van der Waals surface area contributed by atoms with Crippen molar-refractivity contribution in [3.63, 3.8) is 0 Å². The number of halogens is 2. The van der Waals surface area contributed by atoms with Crippen molar-refractivity contribution in [3.05, 3.63) is 39.7 Å². The van der Waals surface area contributed by atoms with Crippen molar-refractivity contribution in [1.29, 1.82) is 0 Å². The van der Waals surface area contributed by atoms with Gasteiger partial charge in [-0.1, -0.05) is 0 Å². The van der Waals surface area contributed by atoms with Crippen LogP contribution in [0.1, 0.15) is 16.8 Å². The van der Waals surface area contributed by atoms with E-state index >= 15 is 0 Å². The Balaban J connectivity index is 0.00000200. The first-order chi connectivity index (χ1) is 8.99. The summed E-state index contributed by atoms with van der Waals surface area (Å²) < 4.78 is 13.3. The van der Waals surface area contributed by atoms with E-state index in [4.69, 9.17) is 0 Å². The molecule has 110 valence electrons. The second-order valence-electron chi connectivity index (χ2n) is 4.52. The number of benzene rings is 1. The molecule has 1 N–H and O–H groups in total. The highest BCUT2D eigenvalue weighted by Gasteiger charge is 2.25. The molecule has 1 atom stereocenters. The maximum absolute atomic E-state index is 13.3. The molecule has 1 aliphatic heterocycles. The van der Waals surface area contributed by atoms with Crippen LogP contribution in [-0.4, -0.2) is 41.9 Å². The van der Waals surface area contributed by atoms with Crippen LogP contribution in [0.3, 0.4) is 0 Å². The largest absolute Gasteiger partial charge is 0.337 e. The molecular weight excluding hydrogens is 289 g/mol. The number of carbonyl (C=O) groups excluding carboxylic acids is 1. The van der Waals surface area contributed by atoms with E-state index < -0.39 is 22.3 Å². The summed E-state index contributed by atoms with van der Waals surface area (Å²) in [6, 6.07) is 2.96. The number of non-ortho nitro benzene ring substituents is 1. The summed E-state index contributed by atoms with van der Waals surface area (Å²) in [5, 5.41) is 13.8. The van der Waals surface area contributed by atoms with Crippen LogP contribution in [0.2, 0.25) is 0 Å². The molecule has 1 aliphatic rings. The van der Waals surface area contributed by atoms with Crippen LogP contribution in [0.4, 0.5) is 10.1 Å². The molecule has 8 heteroatoms. The Labute approximate surface area is 121 Å². The minimum Gasteiger partial charge on any atom is -0.337 e. The monoisotopic (exact) mass is 303 g/mol. The van der Waals surface area contributed by atoms with Crippen LogP contribution in [0.5, 0.6) is 0 Å². The smallest absolute Gasteiger partial charge is 0.273 e. The number of likely N-dealkylation sites (N-methyl/N-ethyl adjacent to an activating group) is 1. The first-order valence-electron chi connectivity index (χ1n) is 5.92. The average Bonchev–Trinajstić information content (AvgIpc) is 2.90. The number of nitrogens with zero attached hydrogens (tertiary/aromatic N) is 2. The van der Waals surface area contributed by atoms with E-state index in [2.05, 4.69) is 5.32 Å². The molecule has 1 fully saturated rings. The molecule has 6 nitrogen and oxygen atoms in total. The van der Waals surface area contributed by atoms with E-state index in [9.17, 15) is 19.3 Å². The van der Waals surface area contributed by atoms with Crippen molar-refractivity contribution in [3.8, 4) is 0 Å². The molecule has 1 heterocycles. The van der Waals surface area contributed by atoms with Gasteiger partial charge in [0.1, 0.15) is 5.82 Å². The summed E-state index contributed by atoms with van der Waals surface area (Å²) in [5.74, 6) is -1.19. The molecule has 1 unspecified atom stereocenters. The van der Waals surface area contributed by atoms with Gasteiger partial charge in [0, 0.05) is 31.3 Å². The van der Waals surface area contributed by atoms with Gasteiger partial charge < -0.3 is 10.2 Å². The molecule has 1 aromatic rings. The lowest BCUT2D eigenvalue weighted by molar-refractivity contribution is -0.385. The minimum atomic E-state index is -0.782. The summed E-state index contributed by atoms with van der Waals surface area (Å²) in [4.78, 5) is 23.6. The highest BCUT2D eigenvalue weighted by atomic mass is 35.5. The summed E-state index contributed by atoms with van der Waals surface area (Å²) in [6.07, 6.45) is 0.819. The lowest BCUT2D eigenvalue weighted by Crippen LogP contribution is -2.38. The Kier molecular flexibility index (Phi) is 5.41. The van der Waals surface area contributed by atoms with E-state index in [0.717, 1.165) is 31.2 Å². The fourth-order valence-corrected chi connectivity index (χ4v) is 2.14. The Morgan fingerprint density at radius 1 is 1.50 bits per heavy atom. The molecule has 0 spiro atoms. The van der Waals surface area contributed by atoms with Gasteiger partial charge in [-0.05, 0) is 19.0 Å². The average molecular weight is 304 g/mol. The highest BCUT2D eigenvalue weighted by molar-refractivity contribution is 5.95. The topological polar surface area (TPSA) is 75.5 Å². The Morgan fingerprint density at radius 3 is 2.75 bits per heavy atom. The summed E-state index contributed by atoms with van der Waals surface area (Å²) >= 11 is 0. The molecule has 1 saturated heterocycles. The third kappa shape index (κ3) is 3.43. The van der Waals surface area contributed by atoms with Gasteiger partial charge in [0.15, 0.2) is 0 Å². The van der Waals surface area contributed by atoms with Crippen LogP contribution < -0.4 is 5.32 Å². The number of hydrogen-bond acceptors (Lipinski definition) is 4. The molecule has 20 heavy (non-hydrogen) atoms. The first-order valence-corrected chi connectivity index (χ1v) is 5.92. The number of amides is 1. The number of nitro benzene ring substituents is 1. The zero-order chi connectivity index (χ0) is 14.0. The van der Waals surface area contributed by atoms with Crippen LogP contribution in [-0.2, 0) is 0 Å². The van der Waals surface area contributed by atoms with Gasteiger partial charge >= 0.3 is 0 Å². The third-order valence-corrected chi connectivity index (χ3v) is 3.24. The number of carbonyl (C=O) groups is 1. The number of hydrogen-bond donors (Lipinski definition) is 1. The molecule has 0 aliphatic carbocycles. The SMILES string of the molecule is CN(C(=O)c1cc(F)cc([N+](=O)[O-])c1)C1CCNC1.Cl. The second-order valence-corrected chi connectivity index (χ2v) is 4.52. The van der Waals surface area contributed by atoms with Gasteiger partial charge in [0.2, 0.25) is 0 Å². The van der Waals surface area contributed by atoms with E-state index in [1.54, 1.807) is 7.05 Å². The predicted molar refractivity (Wildman–Crippen MR) is 73.7 cm³/mol. The van der Waals surface area contributed by atoms with Gasteiger partial charge in [-0.25, -0.2) is 4.39 Å². The second kappa shape index (κ2) is 6.62. The number of nitro groups is 1. The standard InChI is InChI=1S/C12H14FN3O3.ClH/c1-15(10-2-3-14-7-10)12(17)8-4-9(13)6-11(5-8)16(18)19;/h4-6,10,14H,2-3,7H2,1H3;1H. The van der Waals surface area contributed by atoms with Gasteiger partial charge in [-0.2, -0.15) is 0 Å². The van der Waals surface area contributed by atoms with E-state index in [1.807, 2.05) is 0 Å². The molecular formula is C12H15ClFN3O3. The zero-order valence-corrected chi connectivity index (χ0v) is 11.7. The quantitative estimate of drug-likeness (QED) is 0.679. The first kappa shape index (κ1) is 16.3. The van der Waals surface area contributed by atoms with Crippen molar-refractivity contribution in [2.45, 2.75) is 12.5 Å². The maximum Gasteiger partial charge on any atom is 0.273 e. The van der Waals surface area contributed by atoms with E-state index in [-0.39, 0.29) is 24.0 Å². The Morgan fingerprint density at radius 2 is 2.20 bits per heavy atom. The van der Waals surface area contributed by atoms with Crippen LogP contribution in [0.25, 0.3) is 0 Å². The van der Waals surface area contributed by atoms with Gasteiger partial charge in [0.05, 0.1) is 11.0 Å². The molecule has 2 rings (SSSR count). The number of rotatable bonds is 3. The van der Waals surface area contributed by atoms with Crippen molar-refractivity contribution < 1.29 is 14.1 Å². The normalized spacial score (nSPS) is 17.4. The Bertz CT molecular complexity index is 521. The van der Waals surface area contributed by atoms with Gasteiger partial charge in [-0.3, -0.25) is 14.9 Å². The third-order valence-electron chi connectivity index (χ3n) is 3.24. The zero-order valence-electron chi connectivity index (χ0n) is 10.8. The minimum absolute atomic E-state index is 0. The molecule has 0 radical (unpaired) electrons. The lowest BCUT2D eigenvalue weighted by atomic mass is 10.1. The fraction of sp³-hybridized carbons (Fsp3) is 0.417. The van der Waals surface area contributed by atoms with Gasteiger partial charge in [0.25, 0.3) is 11.6 Å². The summed E-state index contributed by atoms with van der Waals surface area (Å²) in [6.45, 7) is 1.51. The van der Waals surface area contributed by atoms with Crippen LogP contribution in [0.15, 0.2) is 18.2 Å². The predicted octanol–water partition coefficient (Wildman–Crippen LogP) is 1.59. The van der Waals surface area contributed by atoms with Crippen molar-refractivity contribution in [2.75, 3.05) is 20.1 Å². The molecule has 0 saturated carbocycles. The Hall–Kier alpha value is -1.73. The molecule has 1 amide bonds. The van der Waals surface area contributed by atoms with Crippen molar-refractivity contribution >= 4 is 24.0 Å². The summed E-state index contributed by atoms with van der Waals surface area (Å²) in [5.41, 5.74) is -0.414. The van der Waals surface area contributed by atoms with Gasteiger partial charge in [-0.15, -0.1) is 12.4 Å². The van der Waals surface area contributed by atoms with Crippen LogP contribution in [0, 0.1) is 15.9 Å². The number of nitrogens with one attached hydrogen (secondary N) is 1. The van der Waals surface area contributed by atoms with E-state index in [0.29, 0.717) is 6.54 Å². The fourth-order valence-electron chi connectivity index (χ4n) is 2.14. The summed E-state index contributed by atoms with van der Waals surface area (Å²) in [7, 11) is 1.62. The molecule has 0 bridgehead atoms. The van der Waals surface area contributed by atoms with Crippen molar-refractivity contribution in [2.24, 2.45) is 0 Å². The molecule has 0 aromatic heterocycles. The van der Waals surface area contributed by atoms with E-state index in [1.165, 1.54) is 4.90 Å². The van der Waals surface area contributed by atoms with Crippen molar-refractivity contribution in [1.82, 2.24) is 10.2 Å². The van der Waals surface area contributed by atoms with Crippen LogP contribution >= 0.6 is 12.4 Å². The lowest BCUT2D eigenvalue weighted by Gasteiger charge is -2.23.